The second-order valence-electron chi connectivity index (χ2n) is 4.96. The van der Waals surface area contributed by atoms with E-state index in [1.165, 1.54) is 5.69 Å². The molecular weight excluding hydrogens is 300 g/mol. The van der Waals surface area contributed by atoms with Gasteiger partial charge in [-0.25, -0.2) is 0 Å². The van der Waals surface area contributed by atoms with Crippen molar-refractivity contribution >= 4 is 23.2 Å². The number of nitrogens with one attached hydrogen (secondary N) is 1. The molecule has 5 nitrogen and oxygen atoms in total. The Labute approximate surface area is 135 Å². The molecule has 1 aromatic rings. The second-order valence-corrected chi connectivity index (χ2v) is 5.34. The number of rotatable bonds is 5. The van der Waals surface area contributed by atoms with Gasteiger partial charge in [0.2, 0.25) is 0 Å². The first-order chi connectivity index (χ1) is 10.7. The molecule has 2 rings (SSSR count). The van der Waals surface area contributed by atoms with Gasteiger partial charge in [-0.2, -0.15) is 5.26 Å². The van der Waals surface area contributed by atoms with Gasteiger partial charge in [-0.3, -0.25) is 4.79 Å². The molecule has 1 aliphatic heterocycles. The monoisotopic (exact) mass is 318 g/mol. The summed E-state index contributed by atoms with van der Waals surface area (Å²) in [5.41, 5.74) is 1.32. The topological polar surface area (TPSA) is 59.4 Å². The summed E-state index contributed by atoms with van der Waals surface area (Å²) in [4.78, 5) is 16.1. The lowest BCUT2D eigenvalue weighted by atomic mass is 10.2. The van der Waals surface area contributed by atoms with Crippen molar-refractivity contribution in [2.24, 2.45) is 0 Å². The zero-order valence-electron chi connectivity index (χ0n) is 12.3. The van der Waals surface area contributed by atoms with E-state index in [0.29, 0.717) is 12.4 Å². The third-order valence-electron chi connectivity index (χ3n) is 3.49. The minimum atomic E-state index is -0.367. The number of hydrogen-bond acceptors (Lipinski definition) is 4. The van der Waals surface area contributed by atoms with Crippen molar-refractivity contribution in [2.75, 3.05) is 43.5 Å². The molecule has 0 saturated carbocycles. The van der Waals surface area contributed by atoms with Crippen molar-refractivity contribution in [3.05, 3.63) is 42.1 Å². The van der Waals surface area contributed by atoms with Gasteiger partial charge in [0.1, 0.15) is 11.6 Å². The molecule has 22 heavy (non-hydrogen) atoms. The van der Waals surface area contributed by atoms with Crippen LogP contribution in [0.3, 0.4) is 0 Å². The van der Waals surface area contributed by atoms with E-state index in [2.05, 4.69) is 22.3 Å². The van der Waals surface area contributed by atoms with Gasteiger partial charge in [0, 0.05) is 50.5 Å². The molecule has 0 aromatic heterocycles. The van der Waals surface area contributed by atoms with E-state index in [4.69, 9.17) is 16.9 Å². The minimum absolute atomic E-state index is 0.123. The average molecular weight is 319 g/mol. The summed E-state index contributed by atoms with van der Waals surface area (Å²) in [7, 11) is 0. The lowest BCUT2D eigenvalue weighted by Gasteiger charge is -2.35. The molecule has 0 radical (unpaired) electrons. The molecule has 1 aliphatic rings. The van der Waals surface area contributed by atoms with E-state index in [-0.39, 0.29) is 11.5 Å². The first kappa shape index (κ1) is 16.2. The predicted octanol–water partition coefficient (Wildman–Crippen LogP) is 1.57. The predicted molar refractivity (Wildman–Crippen MR) is 87.7 cm³/mol. The summed E-state index contributed by atoms with van der Waals surface area (Å²) in [6.07, 6.45) is 1.64. The average Bonchev–Trinajstić information content (AvgIpc) is 2.59. The lowest BCUT2D eigenvalue weighted by molar-refractivity contribution is -0.117. The second kappa shape index (κ2) is 8.30. The van der Waals surface area contributed by atoms with Crippen LogP contribution in [-0.2, 0) is 4.79 Å². The maximum atomic E-state index is 11.8. The molecule has 6 heteroatoms. The Morgan fingerprint density at radius 2 is 1.95 bits per heavy atom. The molecule has 1 saturated heterocycles. The van der Waals surface area contributed by atoms with Gasteiger partial charge in [-0.15, -0.1) is 11.6 Å². The van der Waals surface area contributed by atoms with Crippen LogP contribution in [0.15, 0.2) is 42.1 Å². The third-order valence-corrected chi connectivity index (χ3v) is 3.68. The number of piperazine rings is 1. The molecule has 1 N–H and O–H groups in total. The van der Waals surface area contributed by atoms with Gasteiger partial charge < -0.3 is 15.1 Å². The molecule has 0 spiro atoms. The number of anilines is 1. The molecule has 0 atom stereocenters. The maximum Gasteiger partial charge on any atom is 0.263 e. The van der Waals surface area contributed by atoms with Crippen LogP contribution in [0.25, 0.3) is 0 Å². The molecule has 1 heterocycles. The van der Waals surface area contributed by atoms with Crippen molar-refractivity contribution in [1.82, 2.24) is 10.2 Å². The molecule has 1 amide bonds. The molecule has 0 unspecified atom stereocenters. The maximum absolute atomic E-state index is 11.8. The Morgan fingerprint density at radius 3 is 2.55 bits per heavy atom. The van der Waals surface area contributed by atoms with Crippen LogP contribution in [0, 0.1) is 11.3 Å². The Morgan fingerprint density at radius 1 is 1.27 bits per heavy atom. The number of benzene rings is 1. The van der Waals surface area contributed by atoms with Crippen LogP contribution < -0.4 is 10.2 Å². The van der Waals surface area contributed by atoms with Gasteiger partial charge >= 0.3 is 0 Å². The SMILES string of the molecule is N#C/C(=C/N1CCN(c2ccccc2)CC1)C(=O)NCCCl. The van der Waals surface area contributed by atoms with Crippen LogP contribution in [-0.4, -0.2) is 49.4 Å². The summed E-state index contributed by atoms with van der Waals surface area (Å²) >= 11 is 5.53. The summed E-state index contributed by atoms with van der Waals surface area (Å²) < 4.78 is 0. The minimum Gasteiger partial charge on any atom is -0.373 e. The Hall–Kier alpha value is -2.19. The van der Waals surface area contributed by atoms with Gasteiger partial charge in [-0.1, -0.05) is 18.2 Å². The number of nitriles is 1. The summed E-state index contributed by atoms with van der Waals surface area (Å²) in [6.45, 7) is 3.65. The van der Waals surface area contributed by atoms with Gasteiger partial charge in [-0.05, 0) is 12.1 Å². The van der Waals surface area contributed by atoms with E-state index in [1.807, 2.05) is 29.2 Å². The number of halogens is 1. The number of carbonyl (C=O) groups excluding carboxylic acids is 1. The first-order valence-corrected chi connectivity index (χ1v) is 7.78. The lowest BCUT2D eigenvalue weighted by Crippen LogP contribution is -2.44. The van der Waals surface area contributed by atoms with E-state index in [9.17, 15) is 4.79 Å². The molecular formula is C16H19ClN4O. The number of alkyl halides is 1. The van der Waals surface area contributed by atoms with Crippen molar-refractivity contribution in [2.45, 2.75) is 0 Å². The molecule has 0 bridgehead atoms. The van der Waals surface area contributed by atoms with Crippen LogP contribution in [0.5, 0.6) is 0 Å². The summed E-state index contributed by atoms with van der Waals surface area (Å²) in [5, 5.41) is 11.7. The quantitative estimate of drug-likeness (QED) is 0.508. The van der Waals surface area contributed by atoms with Crippen molar-refractivity contribution in [3.8, 4) is 6.07 Å². The number of amides is 1. The zero-order chi connectivity index (χ0) is 15.8. The van der Waals surface area contributed by atoms with Gasteiger partial charge in [0.05, 0.1) is 0 Å². The normalized spacial score (nSPS) is 15.4. The largest absolute Gasteiger partial charge is 0.373 e. The van der Waals surface area contributed by atoms with Crippen molar-refractivity contribution in [3.63, 3.8) is 0 Å². The summed E-state index contributed by atoms with van der Waals surface area (Å²) in [6, 6.07) is 12.2. The number of nitrogens with zero attached hydrogens (tertiary/aromatic N) is 3. The highest BCUT2D eigenvalue weighted by atomic mass is 35.5. The van der Waals surface area contributed by atoms with Crippen LogP contribution in [0.2, 0.25) is 0 Å². The first-order valence-electron chi connectivity index (χ1n) is 7.24. The van der Waals surface area contributed by atoms with E-state index in [0.717, 1.165) is 26.2 Å². The Kier molecular flexibility index (Phi) is 6.11. The molecule has 116 valence electrons. The Balaban J connectivity index is 1.92. The van der Waals surface area contributed by atoms with Crippen LogP contribution >= 0.6 is 11.6 Å². The van der Waals surface area contributed by atoms with Crippen LogP contribution in [0.1, 0.15) is 0 Å². The third kappa shape index (κ3) is 4.40. The highest BCUT2D eigenvalue weighted by Gasteiger charge is 2.17. The molecule has 1 aromatic carbocycles. The van der Waals surface area contributed by atoms with Gasteiger partial charge in [0.15, 0.2) is 0 Å². The highest BCUT2D eigenvalue weighted by molar-refractivity contribution is 6.18. The van der Waals surface area contributed by atoms with Gasteiger partial charge in [0.25, 0.3) is 5.91 Å². The number of hydrogen-bond donors (Lipinski definition) is 1. The molecule has 1 fully saturated rings. The zero-order valence-corrected chi connectivity index (χ0v) is 13.1. The standard InChI is InChI=1S/C16H19ClN4O/c17-6-7-19-16(22)14(12-18)13-20-8-10-21(11-9-20)15-4-2-1-3-5-15/h1-5,13H,6-11H2,(H,19,22)/b14-13-. The Bertz CT molecular complexity index is 559. The number of carbonyl (C=O) groups is 1. The molecule has 0 aliphatic carbocycles. The van der Waals surface area contributed by atoms with Crippen molar-refractivity contribution < 1.29 is 4.79 Å². The highest BCUT2D eigenvalue weighted by Crippen LogP contribution is 2.15. The van der Waals surface area contributed by atoms with E-state index < -0.39 is 0 Å². The smallest absolute Gasteiger partial charge is 0.263 e. The fourth-order valence-electron chi connectivity index (χ4n) is 2.32. The van der Waals surface area contributed by atoms with E-state index >= 15 is 0 Å². The summed E-state index contributed by atoms with van der Waals surface area (Å²) in [5.74, 6) is -0.0335. The number of para-hydroxylation sites is 1. The fraction of sp³-hybridized carbons (Fsp3) is 0.375. The van der Waals surface area contributed by atoms with Crippen LogP contribution in [0.4, 0.5) is 5.69 Å². The van der Waals surface area contributed by atoms with Crippen molar-refractivity contribution in [1.29, 1.82) is 5.26 Å². The van der Waals surface area contributed by atoms with E-state index in [1.54, 1.807) is 6.20 Å². The fourth-order valence-corrected chi connectivity index (χ4v) is 2.42.